The molecule has 2 atom stereocenters. The van der Waals surface area contributed by atoms with Crippen molar-refractivity contribution in [3.05, 3.63) is 35.9 Å². The number of ether oxygens (including phenoxy) is 2. The molecule has 1 aromatic carbocycles. The fourth-order valence-corrected chi connectivity index (χ4v) is 3.48. The molecule has 0 radical (unpaired) electrons. The highest BCUT2D eigenvalue weighted by Gasteiger charge is 2.32. The smallest absolute Gasteiger partial charge is 0.410 e. The van der Waals surface area contributed by atoms with Crippen molar-refractivity contribution >= 4 is 12.1 Å². The van der Waals surface area contributed by atoms with Crippen LogP contribution in [-0.4, -0.2) is 47.7 Å². The van der Waals surface area contributed by atoms with Gasteiger partial charge in [0.15, 0.2) is 0 Å². The van der Waals surface area contributed by atoms with E-state index in [4.69, 9.17) is 9.47 Å². The first-order valence-electron chi connectivity index (χ1n) is 10.6. The number of hydrogen-bond donors (Lipinski definition) is 1. The van der Waals surface area contributed by atoms with E-state index in [0.717, 1.165) is 18.4 Å². The highest BCUT2D eigenvalue weighted by molar-refractivity contribution is 5.76. The van der Waals surface area contributed by atoms with Gasteiger partial charge in [-0.2, -0.15) is 0 Å². The standard InChI is InChI=1S/C23H36N2O4/c1-17(2)14-20(21(26)29-23(3,4)5)24-15-19-12-9-13-25(19)22(27)28-16-18-10-7-6-8-11-18/h6-8,10-11,17,19-20,24H,9,12-16H2,1-5H3/t19-,20-/m0/s1. The molecule has 1 aromatic rings. The molecule has 1 aliphatic heterocycles. The van der Waals surface area contributed by atoms with Gasteiger partial charge in [-0.1, -0.05) is 44.2 Å². The molecule has 0 bridgehead atoms. The summed E-state index contributed by atoms with van der Waals surface area (Å²) in [7, 11) is 0. The number of esters is 1. The second kappa shape index (κ2) is 10.6. The van der Waals surface area contributed by atoms with Crippen LogP contribution >= 0.6 is 0 Å². The van der Waals surface area contributed by atoms with E-state index in [1.807, 2.05) is 51.1 Å². The van der Waals surface area contributed by atoms with E-state index in [0.29, 0.717) is 25.4 Å². The van der Waals surface area contributed by atoms with Crippen LogP contribution in [0.1, 0.15) is 59.4 Å². The van der Waals surface area contributed by atoms with Gasteiger partial charge in [-0.25, -0.2) is 4.79 Å². The summed E-state index contributed by atoms with van der Waals surface area (Å²) in [4.78, 5) is 26.9. The summed E-state index contributed by atoms with van der Waals surface area (Å²) in [6.07, 6.45) is 2.24. The summed E-state index contributed by atoms with van der Waals surface area (Å²) in [5, 5.41) is 3.35. The normalized spacial score (nSPS) is 18.0. The Morgan fingerprint density at radius 2 is 1.90 bits per heavy atom. The zero-order valence-electron chi connectivity index (χ0n) is 18.4. The van der Waals surface area contributed by atoms with Crippen LogP contribution < -0.4 is 5.32 Å². The molecule has 162 valence electrons. The fraction of sp³-hybridized carbons (Fsp3) is 0.652. The van der Waals surface area contributed by atoms with Gasteiger partial charge in [0.25, 0.3) is 0 Å². The average molecular weight is 405 g/mol. The molecular formula is C23H36N2O4. The molecule has 1 aliphatic rings. The third kappa shape index (κ3) is 8.05. The Morgan fingerprint density at radius 3 is 2.52 bits per heavy atom. The molecule has 0 unspecified atom stereocenters. The average Bonchev–Trinajstić information content (AvgIpc) is 3.11. The van der Waals surface area contributed by atoms with Gasteiger partial charge in [0.2, 0.25) is 0 Å². The predicted octanol–water partition coefficient (Wildman–Crippen LogP) is 4.13. The van der Waals surface area contributed by atoms with Crippen molar-refractivity contribution in [1.29, 1.82) is 0 Å². The topological polar surface area (TPSA) is 67.9 Å². The van der Waals surface area contributed by atoms with Gasteiger partial charge >= 0.3 is 12.1 Å². The van der Waals surface area contributed by atoms with E-state index in [-0.39, 0.29) is 30.8 Å². The molecule has 0 spiro atoms. The molecule has 0 aliphatic carbocycles. The maximum absolute atomic E-state index is 12.6. The number of nitrogens with one attached hydrogen (secondary N) is 1. The Bertz CT molecular complexity index is 655. The molecular weight excluding hydrogens is 368 g/mol. The van der Waals surface area contributed by atoms with E-state index in [2.05, 4.69) is 19.2 Å². The summed E-state index contributed by atoms with van der Waals surface area (Å²) in [6, 6.07) is 9.31. The van der Waals surface area contributed by atoms with Crippen LogP contribution in [0.25, 0.3) is 0 Å². The van der Waals surface area contributed by atoms with Gasteiger partial charge in [0.1, 0.15) is 18.2 Å². The first-order valence-corrected chi connectivity index (χ1v) is 10.6. The molecule has 1 fully saturated rings. The van der Waals surface area contributed by atoms with Gasteiger partial charge in [-0.3, -0.25) is 4.79 Å². The monoisotopic (exact) mass is 404 g/mol. The number of rotatable bonds is 8. The van der Waals surface area contributed by atoms with Gasteiger partial charge in [0, 0.05) is 19.1 Å². The lowest BCUT2D eigenvalue weighted by molar-refractivity contribution is -0.158. The van der Waals surface area contributed by atoms with Gasteiger partial charge in [-0.15, -0.1) is 0 Å². The van der Waals surface area contributed by atoms with Crippen molar-refractivity contribution in [2.45, 2.75) is 78.2 Å². The third-order valence-corrected chi connectivity index (χ3v) is 4.82. The lowest BCUT2D eigenvalue weighted by Crippen LogP contribution is -2.48. The number of carbonyl (C=O) groups excluding carboxylic acids is 2. The van der Waals surface area contributed by atoms with E-state index in [1.54, 1.807) is 4.90 Å². The van der Waals surface area contributed by atoms with Crippen LogP contribution in [-0.2, 0) is 20.9 Å². The first-order chi connectivity index (χ1) is 13.7. The SMILES string of the molecule is CC(C)C[C@H](NC[C@@H]1CCCN1C(=O)OCc1ccccc1)C(=O)OC(C)(C)C. The molecule has 2 rings (SSSR count). The first kappa shape index (κ1) is 23.2. The summed E-state index contributed by atoms with van der Waals surface area (Å²) in [5.41, 5.74) is 0.450. The van der Waals surface area contributed by atoms with Crippen LogP contribution in [0.15, 0.2) is 30.3 Å². The van der Waals surface area contributed by atoms with Crippen LogP contribution in [0.5, 0.6) is 0 Å². The van der Waals surface area contributed by atoms with Crippen molar-refractivity contribution in [1.82, 2.24) is 10.2 Å². The van der Waals surface area contributed by atoms with Crippen molar-refractivity contribution in [3.8, 4) is 0 Å². The molecule has 29 heavy (non-hydrogen) atoms. The number of benzene rings is 1. The van der Waals surface area contributed by atoms with Crippen LogP contribution in [0.4, 0.5) is 4.79 Å². The lowest BCUT2D eigenvalue weighted by Gasteiger charge is -2.28. The van der Waals surface area contributed by atoms with Gasteiger partial charge < -0.3 is 19.7 Å². The van der Waals surface area contributed by atoms with E-state index >= 15 is 0 Å². The molecule has 1 saturated heterocycles. The van der Waals surface area contributed by atoms with E-state index < -0.39 is 5.60 Å². The minimum atomic E-state index is -0.519. The minimum absolute atomic E-state index is 0.0235. The Kier molecular flexibility index (Phi) is 8.50. The molecule has 0 saturated carbocycles. The summed E-state index contributed by atoms with van der Waals surface area (Å²) < 4.78 is 11.1. The van der Waals surface area contributed by atoms with Gasteiger partial charge in [0.05, 0.1) is 0 Å². The lowest BCUT2D eigenvalue weighted by atomic mass is 10.0. The van der Waals surface area contributed by atoms with Crippen molar-refractivity contribution in [3.63, 3.8) is 0 Å². The van der Waals surface area contributed by atoms with Crippen molar-refractivity contribution < 1.29 is 19.1 Å². The highest BCUT2D eigenvalue weighted by atomic mass is 16.6. The van der Waals surface area contributed by atoms with Crippen LogP contribution in [0.2, 0.25) is 0 Å². The zero-order valence-corrected chi connectivity index (χ0v) is 18.4. The summed E-state index contributed by atoms with van der Waals surface area (Å²) in [5.74, 6) is 0.123. The van der Waals surface area contributed by atoms with E-state index in [1.165, 1.54) is 0 Å². The maximum Gasteiger partial charge on any atom is 0.410 e. The molecule has 1 N–H and O–H groups in total. The minimum Gasteiger partial charge on any atom is -0.459 e. The third-order valence-electron chi connectivity index (χ3n) is 4.82. The number of amides is 1. The Morgan fingerprint density at radius 1 is 1.21 bits per heavy atom. The highest BCUT2D eigenvalue weighted by Crippen LogP contribution is 2.19. The van der Waals surface area contributed by atoms with Crippen molar-refractivity contribution in [2.75, 3.05) is 13.1 Å². The Labute approximate surface area is 174 Å². The fourth-order valence-electron chi connectivity index (χ4n) is 3.48. The van der Waals surface area contributed by atoms with Crippen molar-refractivity contribution in [2.24, 2.45) is 5.92 Å². The summed E-state index contributed by atoms with van der Waals surface area (Å²) in [6.45, 7) is 11.3. The number of nitrogens with zero attached hydrogens (tertiary/aromatic N) is 1. The maximum atomic E-state index is 12.6. The van der Waals surface area contributed by atoms with Crippen LogP contribution in [0.3, 0.4) is 0 Å². The largest absolute Gasteiger partial charge is 0.459 e. The molecule has 6 nitrogen and oxygen atoms in total. The van der Waals surface area contributed by atoms with Crippen LogP contribution in [0, 0.1) is 5.92 Å². The second-order valence-electron chi connectivity index (χ2n) is 9.15. The molecule has 6 heteroatoms. The molecule has 1 amide bonds. The molecule has 1 heterocycles. The van der Waals surface area contributed by atoms with Gasteiger partial charge in [-0.05, 0) is 51.5 Å². The molecule has 0 aromatic heterocycles. The predicted molar refractivity (Wildman–Crippen MR) is 113 cm³/mol. The Hall–Kier alpha value is -2.08. The zero-order chi connectivity index (χ0) is 21.4. The quantitative estimate of drug-likeness (QED) is 0.660. The number of hydrogen-bond acceptors (Lipinski definition) is 5. The van der Waals surface area contributed by atoms with E-state index in [9.17, 15) is 9.59 Å². The second-order valence-corrected chi connectivity index (χ2v) is 9.15. The number of carbonyl (C=O) groups is 2. The number of likely N-dealkylation sites (tertiary alicyclic amines) is 1. The summed E-state index contributed by atoms with van der Waals surface area (Å²) >= 11 is 0. The Balaban J connectivity index is 1.90.